The van der Waals surface area contributed by atoms with E-state index in [0.717, 1.165) is 25.2 Å². The van der Waals surface area contributed by atoms with Gasteiger partial charge in [-0.25, -0.2) is 9.78 Å². The summed E-state index contributed by atoms with van der Waals surface area (Å²) < 4.78 is 2.14. The van der Waals surface area contributed by atoms with Crippen molar-refractivity contribution in [3.63, 3.8) is 0 Å². The second-order valence-corrected chi connectivity index (χ2v) is 6.64. The van der Waals surface area contributed by atoms with Crippen molar-refractivity contribution in [1.29, 1.82) is 0 Å². The fourth-order valence-electron chi connectivity index (χ4n) is 3.34. The molecule has 8 heteroatoms. The fraction of sp³-hybridized carbons (Fsp3) is 0.529. The third kappa shape index (κ3) is 3.89. The zero-order valence-electron chi connectivity index (χ0n) is 14.5. The number of nitrogens with one attached hydrogen (secondary N) is 2. The molecule has 8 nitrogen and oxygen atoms in total. The number of carbonyl (C=O) groups excluding carboxylic acids is 1. The van der Waals surface area contributed by atoms with Gasteiger partial charge in [0, 0.05) is 43.3 Å². The van der Waals surface area contributed by atoms with E-state index in [4.69, 9.17) is 0 Å². The first-order valence-corrected chi connectivity index (χ1v) is 8.51. The first-order chi connectivity index (χ1) is 11.9. The number of aryl methyl sites for hydroxylation is 2. The van der Waals surface area contributed by atoms with E-state index in [0.29, 0.717) is 30.3 Å². The van der Waals surface area contributed by atoms with Crippen LogP contribution in [0.1, 0.15) is 29.9 Å². The van der Waals surface area contributed by atoms with E-state index >= 15 is 0 Å². The number of amides is 1. The molecule has 1 fully saturated rings. The number of nitrogens with zero attached hydrogens (tertiary/aromatic N) is 3. The predicted octanol–water partition coefficient (Wildman–Crippen LogP) is 0.358. The molecule has 0 atom stereocenters. The van der Waals surface area contributed by atoms with Gasteiger partial charge in [0.2, 0.25) is 5.91 Å². The number of carbonyl (C=O) groups is 1. The third-order valence-electron chi connectivity index (χ3n) is 4.93. The van der Waals surface area contributed by atoms with Gasteiger partial charge in [-0.3, -0.25) is 14.6 Å². The number of likely N-dealkylation sites (tertiary alicyclic amines) is 1. The van der Waals surface area contributed by atoms with E-state index in [1.54, 1.807) is 18.0 Å². The number of H-pyrrole nitrogens is 2. The molecule has 2 N–H and O–H groups in total. The second-order valence-electron chi connectivity index (χ2n) is 6.64. The zero-order chi connectivity index (χ0) is 18.0. The third-order valence-corrected chi connectivity index (χ3v) is 4.93. The van der Waals surface area contributed by atoms with E-state index in [1.807, 2.05) is 13.1 Å². The average Bonchev–Trinajstić information content (AvgIpc) is 2.96. The first-order valence-electron chi connectivity index (χ1n) is 8.51. The van der Waals surface area contributed by atoms with Crippen LogP contribution in [0.5, 0.6) is 0 Å². The summed E-state index contributed by atoms with van der Waals surface area (Å²) >= 11 is 0. The van der Waals surface area contributed by atoms with Crippen LogP contribution in [0.2, 0.25) is 0 Å². The second kappa shape index (κ2) is 7.08. The van der Waals surface area contributed by atoms with Gasteiger partial charge in [-0.1, -0.05) is 0 Å². The maximum atomic E-state index is 12.5. The molecule has 3 rings (SSSR count). The molecule has 0 aromatic carbocycles. The van der Waals surface area contributed by atoms with Crippen molar-refractivity contribution in [2.75, 3.05) is 13.1 Å². The Morgan fingerprint density at radius 3 is 2.56 bits per heavy atom. The van der Waals surface area contributed by atoms with Crippen LogP contribution in [0.4, 0.5) is 0 Å². The molecule has 0 radical (unpaired) electrons. The quantitative estimate of drug-likeness (QED) is 0.835. The highest BCUT2D eigenvalue weighted by Gasteiger charge is 2.24. The molecule has 0 unspecified atom stereocenters. The summed E-state index contributed by atoms with van der Waals surface area (Å²) in [4.78, 5) is 46.4. The number of imidazole rings is 1. The molecular formula is C17H23N5O3. The molecule has 1 aliphatic rings. The Balaban J connectivity index is 1.58. The molecule has 0 spiro atoms. The number of aromatic amines is 2. The fourth-order valence-corrected chi connectivity index (χ4v) is 3.34. The Bertz CT molecular complexity index is 871. The number of hydrogen-bond donors (Lipinski definition) is 2. The highest BCUT2D eigenvalue weighted by molar-refractivity contribution is 5.79. The van der Waals surface area contributed by atoms with Crippen molar-refractivity contribution < 1.29 is 4.79 Å². The Kier molecular flexibility index (Phi) is 4.87. The smallest absolute Gasteiger partial charge is 0.325 e. The van der Waals surface area contributed by atoms with Gasteiger partial charge < -0.3 is 14.5 Å². The molecule has 0 bridgehead atoms. The van der Waals surface area contributed by atoms with Gasteiger partial charge in [0.15, 0.2) is 0 Å². The summed E-state index contributed by atoms with van der Waals surface area (Å²) in [7, 11) is 0. The summed E-state index contributed by atoms with van der Waals surface area (Å²) in [6.45, 7) is 5.93. The van der Waals surface area contributed by atoms with Crippen molar-refractivity contribution in [3.05, 3.63) is 50.3 Å². The molecule has 0 aliphatic carbocycles. The zero-order valence-corrected chi connectivity index (χ0v) is 14.5. The van der Waals surface area contributed by atoms with Crippen molar-refractivity contribution >= 4 is 5.91 Å². The molecular weight excluding hydrogens is 322 g/mol. The topological polar surface area (TPSA) is 104 Å². The van der Waals surface area contributed by atoms with E-state index in [9.17, 15) is 14.4 Å². The minimum absolute atomic E-state index is 0.0171. The Hall–Kier alpha value is -2.64. The van der Waals surface area contributed by atoms with Crippen LogP contribution in [0, 0.1) is 19.8 Å². The largest absolute Gasteiger partial charge is 0.342 e. The summed E-state index contributed by atoms with van der Waals surface area (Å²) in [5, 5.41) is 0. The minimum Gasteiger partial charge on any atom is -0.342 e. The van der Waals surface area contributed by atoms with Crippen LogP contribution in [0.15, 0.2) is 22.0 Å². The molecule has 1 saturated heterocycles. The summed E-state index contributed by atoms with van der Waals surface area (Å²) in [6, 6.07) is 0. The lowest BCUT2D eigenvalue weighted by molar-refractivity contribution is -0.131. The molecule has 2 aromatic rings. The molecule has 2 aromatic heterocycles. The van der Waals surface area contributed by atoms with E-state index in [2.05, 4.69) is 19.5 Å². The number of piperidine rings is 1. The molecule has 25 heavy (non-hydrogen) atoms. The molecule has 0 saturated carbocycles. The summed E-state index contributed by atoms with van der Waals surface area (Å²) in [5.41, 5.74) is -0.247. The van der Waals surface area contributed by atoms with Gasteiger partial charge >= 0.3 is 5.69 Å². The van der Waals surface area contributed by atoms with Crippen LogP contribution in [-0.2, 0) is 17.8 Å². The molecule has 1 amide bonds. The van der Waals surface area contributed by atoms with Gasteiger partial charge in [-0.05, 0) is 32.6 Å². The lowest BCUT2D eigenvalue weighted by atomic mass is 9.96. The molecule has 3 heterocycles. The number of aromatic nitrogens is 4. The standard InChI is InChI=1S/C17H23N5O3/c1-11-14(16(24)20-17(25)19-11)9-15(23)21-6-3-13(4-7-21)10-22-8-5-18-12(22)2/h5,8,13H,3-4,6-7,9-10H2,1-2H3,(H2,19,20,24,25). The summed E-state index contributed by atoms with van der Waals surface area (Å²) in [6.07, 6.45) is 5.67. The Labute approximate surface area is 144 Å². The average molecular weight is 345 g/mol. The Morgan fingerprint density at radius 1 is 1.24 bits per heavy atom. The van der Waals surface area contributed by atoms with Crippen LogP contribution in [-0.4, -0.2) is 43.4 Å². The highest BCUT2D eigenvalue weighted by atomic mass is 16.2. The van der Waals surface area contributed by atoms with Gasteiger partial charge in [-0.2, -0.15) is 0 Å². The van der Waals surface area contributed by atoms with Crippen LogP contribution >= 0.6 is 0 Å². The maximum Gasteiger partial charge on any atom is 0.325 e. The van der Waals surface area contributed by atoms with Crippen molar-refractivity contribution in [1.82, 2.24) is 24.4 Å². The normalized spacial score (nSPS) is 15.5. The summed E-state index contributed by atoms with van der Waals surface area (Å²) in [5.74, 6) is 1.46. The lowest BCUT2D eigenvalue weighted by Gasteiger charge is -2.32. The van der Waals surface area contributed by atoms with Crippen LogP contribution in [0.3, 0.4) is 0 Å². The van der Waals surface area contributed by atoms with Crippen molar-refractivity contribution in [3.8, 4) is 0 Å². The van der Waals surface area contributed by atoms with E-state index in [1.165, 1.54) is 0 Å². The molecule has 134 valence electrons. The van der Waals surface area contributed by atoms with E-state index in [-0.39, 0.29) is 12.3 Å². The number of rotatable bonds is 4. The van der Waals surface area contributed by atoms with Crippen LogP contribution in [0.25, 0.3) is 0 Å². The van der Waals surface area contributed by atoms with Gasteiger partial charge in [0.05, 0.1) is 6.42 Å². The SMILES string of the molecule is Cc1[nH]c(=O)[nH]c(=O)c1CC(=O)N1CCC(Cn2ccnc2C)CC1. The predicted molar refractivity (Wildman–Crippen MR) is 92.4 cm³/mol. The maximum absolute atomic E-state index is 12.5. The first kappa shape index (κ1) is 17.2. The van der Waals surface area contributed by atoms with Gasteiger partial charge in [0.25, 0.3) is 5.56 Å². The van der Waals surface area contributed by atoms with Crippen LogP contribution < -0.4 is 11.2 Å². The van der Waals surface area contributed by atoms with Crippen molar-refractivity contribution in [2.45, 2.75) is 39.7 Å². The monoisotopic (exact) mass is 345 g/mol. The Morgan fingerprint density at radius 2 is 1.96 bits per heavy atom. The van der Waals surface area contributed by atoms with E-state index < -0.39 is 11.2 Å². The molecule has 1 aliphatic heterocycles. The minimum atomic E-state index is -0.547. The number of hydrogen-bond acceptors (Lipinski definition) is 4. The highest BCUT2D eigenvalue weighted by Crippen LogP contribution is 2.20. The lowest BCUT2D eigenvalue weighted by Crippen LogP contribution is -2.41. The van der Waals surface area contributed by atoms with Crippen molar-refractivity contribution in [2.24, 2.45) is 5.92 Å². The van der Waals surface area contributed by atoms with Gasteiger partial charge in [0.1, 0.15) is 5.82 Å². The van der Waals surface area contributed by atoms with Gasteiger partial charge in [-0.15, -0.1) is 0 Å².